The Morgan fingerprint density at radius 3 is 2.17 bits per heavy atom. The molecule has 1 amide bonds. The van der Waals surface area contributed by atoms with Crippen LogP contribution in [0.25, 0.3) is 0 Å². The van der Waals surface area contributed by atoms with E-state index in [2.05, 4.69) is 19.4 Å². The lowest BCUT2D eigenvalue weighted by Gasteiger charge is -2.33. The number of nitrogens with one attached hydrogen (secondary N) is 2. The van der Waals surface area contributed by atoms with Crippen molar-refractivity contribution in [1.29, 1.82) is 0 Å². The van der Waals surface area contributed by atoms with Crippen molar-refractivity contribution in [2.75, 3.05) is 18.5 Å². The number of ether oxygens (including phenoxy) is 2. The predicted octanol–water partition coefficient (Wildman–Crippen LogP) is 1.46. The number of halogens is 3. The van der Waals surface area contributed by atoms with Crippen LogP contribution in [-0.2, 0) is 14.3 Å². The molecule has 0 aromatic carbocycles. The Balaban J connectivity index is 3.28. The number of anilines is 1. The molecular formula is C12H15F3N4O4. The van der Waals surface area contributed by atoms with Gasteiger partial charge in [0.1, 0.15) is 0 Å². The quantitative estimate of drug-likeness (QED) is 0.599. The third-order valence-corrected chi connectivity index (χ3v) is 2.44. The molecule has 2 N–H and O–H groups in total. The highest BCUT2D eigenvalue weighted by atomic mass is 19.4. The van der Waals surface area contributed by atoms with E-state index in [1.54, 1.807) is 5.32 Å². The Labute approximate surface area is 129 Å². The molecule has 1 rings (SSSR count). The molecule has 0 saturated carbocycles. The summed E-state index contributed by atoms with van der Waals surface area (Å²) < 4.78 is 49.5. The van der Waals surface area contributed by atoms with Crippen molar-refractivity contribution >= 4 is 18.0 Å². The fourth-order valence-corrected chi connectivity index (χ4v) is 1.48. The Kier molecular flexibility index (Phi) is 6.10. The van der Waals surface area contributed by atoms with Crippen LogP contribution in [0.4, 0.5) is 23.9 Å². The molecule has 0 bridgehead atoms. The van der Waals surface area contributed by atoms with Gasteiger partial charge < -0.3 is 14.8 Å². The highest BCUT2D eigenvalue weighted by Crippen LogP contribution is 2.32. The first kappa shape index (κ1) is 18.5. The summed E-state index contributed by atoms with van der Waals surface area (Å²) in [5.41, 5.74) is -3.59. The number of amides is 1. The smallest absolute Gasteiger partial charge is 0.442 e. The molecule has 0 saturated heterocycles. The molecule has 128 valence electrons. The second-order valence-electron chi connectivity index (χ2n) is 4.01. The first-order valence-corrected chi connectivity index (χ1v) is 6.51. The van der Waals surface area contributed by atoms with E-state index in [4.69, 9.17) is 0 Å². The molecule has 11 heteroatoms. The lowest BCUT2D eigenvalue weighted by Crippen LogP contribution is -2.69. The highest BCUT2D eigenvalue weighted by Gasteiger charge is 2.64. The molecule has 23 heavy (non-hydrogen) atoms. The van der Waals surface area contributed by atoms with Gasteiger partial charge in [0.15, 0.2) is 0 Å². The van der Waals surface area contributed by atoms with Crippen LogP contribution in [0.3, 0.4) is 0 Å². The van der Waals surface area contributed by atoms with Crippen molar-refractivity contribution in [1.82, 2.24) is 15.3 Å². The van der Waals surface area contributed by atoms with Crippen molar-refractivity contribution in [3.8, 4) is 0 Å². The van der Waals surface area contributed by atoms with Gasteiger partial charge >= 0.3 is 23.9 Å². The van der Waals surface area contributed by atoms with Gasteiger partial charge in [0.25, 0.3) is 0 Å². The van der Waals surface area contributed by atoms with Gasteiger partial charge in [-0.25, -0.2) is 19.6 Å². The van der Waals surface area contributed by atoms with Gasteiger partial charge in [-0.05, 0) is 19.9 Å². The molecular weight excluding hydrogens is 321 g/mol. The van der Waals surface area contributed by atoms with Crippen LogP contribution in [0.2, 0.25) is 0 Å². The molecule has 0 aliphatic rings. The van der Waals surface area contributed by atoms with E-state index in [0.29, 0.717) is 0 Å². The summed E-state index contributed by atoms with van der Waals surface area (Å²) in [5.74, 6) is -2.30. The zero-order valence-corrected chi connectivity index (χ0v) is 12.3. The number of hydrogen-bond acceptors (Lipinski definition) is 7. The van der Waals surface area contributed by atoms with E-state index in [1.165, 1.54) is 25.2 Å². The normalized spacial score (nSPS) is 13.6. The fraction of sp³-hybridized carbons (Fsp3) is 0.500. The van der Waals surface area contributed by atoms with E-state index >= 15 is 0 Å². The van der Waals surface area contributed by atoms with Crippen molar-refractivity contribution in [2.45, 2.75) is 25.7 Å². The number of aromatic nitrogens is 2. The molecule has 1 aromatic heterocycles. The topological polar surface area (TPSA) is 102 Å². The number of nitrogens with zero attached hydrogens (tertiary/aromatic N) is 2. The van der Waals surface area contributed by atoms with Gasteiger partial charge in [-0.3, -0.25) is 5.32 Å². The third-order valence-electron chi connectivity index (χ3n) is 2.44. The van der Waals surface area contributed by atoms with E-state index in [-0.39, 0.29) is 13.2 Å². The zero-order chi connectivity index (χ0) is 17.5. The van der Waals surface area contributed by atoms with Crippen LogP contribution in [0.5, 0.6) is 0 Å². The van der Waals surface area contributed by atoms with Crippen LogP contribution in [0, 0.1) is 0 Å². The number of hydrogen-bond donors (Lipinski definition) is 2. The molecule has 0 unspecified atom stereocenters. The van der Waals surface area contributed by atoms with Crippen molar-refractivity contribution in [2.24, 2.45) is 0 Å². The number of carbonyl (C=O) groups excluding carboxylic acids is 2. The van der Waals surface area contributed by atoms with Crippen LogP contribution < -0.4 is 10.6 Å². The Hall–Kier alpha value is -2.59. The van der Waals surface area contributed by atoms with E-state index in [1.807, 2.05) is 0 Å². The number of carbonyl (C=O) groups is 2. The average Bonchev–Trinajstić information content (AvgIpc) is 2.46. The summed E-state index contributed by atoms with van der Waals surface area (Å²) in [6.45, 7) is 2.19. The molecule has 0 fully saturated rings. The molecule has 0 spiro atoms. The number of alkyl carbamates (subject to hydrolysis) is 1. The highest BCUT2D eigenvalue weighted by molar-refractivity contribution is 5.89. The van der Waals surface area contributed by atoms with E-state index in [0.717, 1.165) is 12.4 Å². The average molecular weight is 336 g/mol. The number of alkyl halides is 3. The van der Waals surface area contributed by atoms with Gasteiger partial charge in [-0.15, -0.1) is 0 Å². The van der Waals surface area contributed by atoms with E-state index < -0.39 is 29.9 Å². The number of esters is 1. The maximum absolute atomic E-state index is 13.5. The van der Waals surface area contributed by atoms with Crippen LogP contribution in [0.1, 0.15) is 13.8 Å². The minimum Gasteiger partial charge on any atom is -0.463 e. The Bertz CT molecular complexity index is 541. The standard InChI is InChI=1S/C12H15F3N4O4/c1-3-22-8(20)11(12(13,14)15,19-10(21)23-4-2)18-9-16-6-5-7-17-9/h5-7H,3-4H2,1-2H3,(H,19,21)(H,16,17,18)/t11-/m0/s1. The Morgan fingerprint density at radius 1 is 1.13 bits per heavy atom. The second kappa shape index (κ2) is 7.61. The number of rotatable bonds is 6. The van der Waals surface area contributed by atoms with Gasteiger partial charge in [0.2, 0.25) is 5.95 Å². The fourth-order valence-electron chi connectivity index (χ4n) is 1.48. The molecule has 1 heterocycles. The zero-order valence-electron chi connectivity index (χ0n) is 12.3. The van der Waals surface area contributed by atoms with Gasteiger partial charge in [-0.2, -0.15) is 13.2 Å². The van der Waals surface area contributed by atoms with Crippen LogP contribution in [-0.4, -0.2) is 47.1 Å². The Morgan fingerprint density at radius 2 is 1.70 bits per heavy atom. The lowest BCUT2D eigenvalue weighted by molar-refractivity contribution is -0.205. The first-order chi connectivity index (χ1) is 10.8. The molecule has 1 atom stereocenters. The van der Waals surface area contributed by atoms with Crippen molar-refractivity contribution in [3.63, 3.8) is 0 Å². The first-order valence-electron chi connectivity index (χ1n) is 6.51. The van der Waals surface area contributed by atoms with E-state index in [9.17, 15) is 22.8 Å². The summed E-state index contributed by atoms with van der Waals surface area (Å²) in [6, 6.07) is 1.36. The summed E-state index contributed by atoms with van der Waals surface area (Å²) in [5, 5.41) is 3.23. The molecule has 0 radical (unpaired) electrons. The summed E-state index contributed by atoms with van der Waals surface area (Å²) in [6.07, 6.45) is -4.40. The maximum Gasteiger partial charge on any atom is 0.442 e. The summed E-state index contributed by atoms with van der Waals surface area (Å²) in [4.78, 5) is 30.5. The van der Waals surface area contributed by atoms with Gasteiger partial charge in [0, 0.05) is 12.4 Å². The second-order valence-corrected chi connectivity index (χ2v) is 4.01. The monoisotopic (exact) mass is 336 g/mol. The molecule has 0 aliphatic heterocycles. The minimum atomic E-state index is -5.26. The lowest BCUT2D eigenvalue weighted by atomic mass is 10.1. The van der Waals surface area contributed by atoms with Crippen LogP contribution in [0.15, 0.2) is 18.5 Å². The maximum atomic E-state index is 13.5. The molecule has 8 nitrogen and oxygen atoms in total. The predicted molar refractivity (Wildman–Crippen MR) is 71.2 cm³/mol. The van der Waals surface area contributed by atoms with Crippen molar-refractivity contribution < 1.29 is 32.2 Å². The minimum absolute atomic E-state index is 0.190. The third kappa shape index (κ3) is 4.44. The molecule has 1 aromatic rings. The summed E-state index contributed by atoms with van der Waals surface area (Å²) in [7, 11) is 0. The largest absolute Gasteiger partial charge is 0.463 e. The summed E-state index contributed by atoms with van der Waals surface area (Å²) >= 11 is 0. The molecule has 0 aliphatic carbocycles. The SMILES string of the molecule is CCOC(=O)N[C@@](Nc1ncccn1)(C(=O)OCC)C(F)(F)F. The van der Waals surface area contributed by atoms with Gasteiger partial charge in [-0.1, -0.05) is 0 Å². The van der Waals surface area contributed by atoms with Crippen LogP contribution >= 0.6 is 0 Å². The van der Waals surface area contributed by atoms with Gasteiger partial charge in [0.05, 0.1) is 13.2 Å². The van der Waals surface area contributed by atoms with Crippen molar-refractivity contribution in [3.05, 3.63) is 18.5 Å².